The van der Waals surface area contributed by atoms with Gasteiger partial charge in [0, 0.05) is 11.3 Å². The maximum absolute atomic E-state index is 12.2. The van der Waals surface area contributed by atoms with Gasteiger partial charge in [0.25, 0.3) is 5.91 Å². The van der Waals surface area contributed by atoms with Crippen molar-refractivity contribution in [2.45, 2.75) is 0 Å². The summed E-state index contributed by atoms with van der Waals surface area (Å²) in [5.74, 6) is 0.427. The summed E-state index contributed by atoms with van der Waals surface area (Å²) in [6, 6.07) is 22.2. The van der Waals surface area contributed by atoms with E-state index >= 15 is 0 Å². The van der Waals surface area contributed by atoms with Gasteiger partial charge < -0.3 is 14.8 Å². The van der Waals surface area contributed by atoms with Crippen molar-refractivity contribution >= 4 is 17.6 Å². The lowest BCUT2D eigenvalue weighted by Gasteiger charge is -2.07. The van der Waals surface area contributed by atoms with Crippen LogP contribution in [-0.4, -0.2) is 19.0 Å². The summed E-state index contributed by atoms with van der Waals surface area (Å²) >= 11 is 0. The van der Waals surface area contributed by atoms with Crippen molar-refractivity contribution in [3.8, 4) is 11.5 Å². The van der Waals surface area contributed by atoms with Crippen molar-refractivity contribution in [3.05, 3.63) is 90.0 Å². The van der Waals surface area contributed by atoms with E-state index in [1.165, 1.54) is 0 Å². The van der Waals surface area contributed by atoms with E-state index < -0.39 is 5.97 Å². The highest BCUT2D eigenvalue weighted by Gasteiger charge is 2.10. The predicted molar refractivity (Wildman–Crippen MR) is 98.8 cm³/mol. The maximum Gasteiger partial charge on any atom is 0.343 e. The third kappa shape index (κ3) is 4.27. The third-order valence-electron chi connectivity index (χ3n) is 3.68. The Morgan fingerprint density at radius 1 is 0.731 bits per heavy atom. The zero-order valence-corrected chi connectivity index (χ0v) is 14.1. The van der Waals surface area contributed by atoms with Crippen LogP contribution >= 0.6 is 0 Å². The first-order valence-corrected chi connectivity index (χ1v) is 7.98. The Kier molecular flexibility index (Phi) is 5.29. The van der Waals surface area contributed by atoms with Crippen LogP contribution in [0.4, 0.5) is 5.69 Å². The summed E-state index contributed by atoms with van der Waals surface area (Å²) in [5.41, 5.74) is 1.55. The summed E-state index contributed by atoms with van der Waals surface area (Å²) in [7, 11) is 1.57. The number of amides is 1. The summed E-state index contributed by atoms with van der Waals surface area (Å²) in [6.45, 7) is 0. The average Bonchev–Trinajstić information content (AvgIpc) is 2.69. The Morgan fingerprint density at radius 3 is 1.96 bits per heavy atom. The van der Waals surface area contributed by atoms with Crippen LogP contribution in [0.3, 0.4) is 0 Å². The molecule has 0 fully saturated rings. The van der Waals surface area contributed by atoms with Crippen LogP contribution in [-0.2, 0) is 0 Å². The highest BCUT2D eigenvalue weighted by Crippen LogP contribution is 2.19. The minimum Gasteiger partial charge on any atom is -0.497 e. The van der Waals surface area contributed by atoms with Crippen molar-refractivity contribution in [1.82, 2.24) is 0 Å². The van der Waals surface area contributed by atoms with Crippen molar-refractivity contribution in [3.63, 3.8) is 0 Å². The van der Waals surface area contributed by atoms with Crippen LogP contribution in [0, 0.1) is 0 Å². The Balaban J connectivity index is 1.63. The van der Waals surface area contributed by atoms with Gasteiger partial charge in [0.05, 0.1) is 12.7 Å². The van der Waals surface area contributed by atoms with Crippen molar-refractivity contribution in [1.29, 1.82) is 0 Å². The molecule has 5 heteroatoms. The Labute approximate surface area is 151 Å². The molecule has 3 aromatic carbocycles. The van der Waals surface area contributed by atoms with E-state index in [1.54, 1.807) is 79.9 Å². The lowest BCUT2D eigenvalue weighted by atomic mass is 10.2. The molecule has 1 amide bonds. The summed E-state index contributed by atoms with van der Waals surface area (Å²) < 4.78 is 10.4. The molecule has 5 nitrogen and oxygen atoms in total. The molecule has 3 rings (SSSR count). The van der Waals surface area contributed by atoms with E-state index in [2.05, 4.69) is 5.32 Å². The standard InChI is InChI=1S/C21H17NO4/c1-25-18-11-13-19(14-12-18)26-21(24)16-7-9-17(10-8-16)22-20(23)15-5-3-2-4-6-15/h2-14H,1H3,(H,22,23). The number of rotatable bonds is 5. The van der Waals surface area contributed by atoms with E-state index in [-0.39, 0.29) is 5.91 Å². The Hall–Kier alpha value is -3.60. The smallest absolute Gasteiger partial charge is 0.343 e. The molecular formula is C21H17NO4. The van der Waals surface area contributed by atoms with Crippen LogP contribution in [0.5, 0.6) is 11.5 Å². The third-order valence-corrected chi connectivity index (χ3v) is 3.68. The normalized spacial score (nSPS) is 10.0. The number of nitrogens with one attached hydrogen (secondary N) is 1. The van der Waals surface area contributed by atoms with E-state index in [9.17, 15) is 9.59 Å². The van der Waals surface area contributed by atoms with E-state index in [0.717, 1.165) is 0 Å². The minimum atomic E-state index is -0.476. The molecule has 0 aliphatic heterocycles. The fraction of sp³-hybridized carbons (Fsp3) is 0.0476. The molecule has 3 aromatic rings. The molecule has 0 aromatic heterocycles. The molecule has 0 aliphatic rings. The van der Waals surface area contributed by atoms with Gasteiger partial charge >= 0.3 is 5.97 Å². The van der Waals surface area contributed by atoms with Crippen molar-refractivity contribution in [2.75, 3.05) is 12.4 Å². The second kappa shape index (κ2) is 7.98. The molecule has 0 unspecified atom stereocenters. The SMILES string of the molecule is COc1ccc(OC(=O)c2ccc(NC(=O)c3ccccc3)cc2)cc1. The molecule has 26 heavy (non-hydrogen) atoms. The molecular weight excluding hydrogens is 330 g/mol. The molecule has 0 saturated heterocycles. The second-order valence-corrected chi connectivity index (χ2v) is 5.46. The van der Waals surface area contributed by atoms with Gasteiger partial charge in [-0.15, -0.1) is 0 Å². The van der Waals surface area contributed by atoms with Crippen LogP contribution < -0.4 is 14.8 Å². The number of methoxy groups -OCH3 is 1. The molecule has 1 N–H and O–H groups in total. The van der Waals surface area contributed by atoms with Crippen LogP contribution in [0.15, 0.2) is 78.9 Å². The number of hydrogen-bond donors (Lipinski definition) is 1. The predicted octanol–water partition coefficient (Wildman–Crippen LogP) is 4.17. The van der Waals surface area contributed by atoms with Gasteiger partial charge in [-0.2, -0.15) is 0 Å². The van der Waals surface area contributed by atoms with Gasteiger partial charge in [-0.05, 0) is 60.7 Å². The van der Waals surface area contributed by atoms with Crippen LogP contribution in [0.2, 0.25) is 0 Å². The van der Waals surface area contributed by atoms with E-state index in [4.69, 9.17) is 9.47 Å². The lowest BCUT2D eigenvalue weighted by Crippen LogP contribution is -2.12. The molecule has 0 aliphatic carbocycles. The summed E-state index contributed by atoms with van der Waals surface area (Å²) in [6.07, 6.45) is 0. The number of esters is 1. The zero-order chi connectivity index (χ0) is 18.4. The summed E-state index contributed by atoms with van der Waals surface area (Å²) in [5, 5.41) is 2.78. The number of carbonyl (C=O) groups is 2. The van der Waals surface area contributed by atoms with Gasteiger partial charge in [-0.25, -0.2) is 4.79 Å². The largest absolute Gasteiger partial charge is 0.497 e. The zero-order valence-electron chi connectivity index (χ0n) is 14.1. The first-order valence-electron chi connectivity index (χ1n) is 7.98. The maximum atomic E-state index is 12.2. The van der Waals surface area contributed by atoms with E-state index in [1.807, 2.05) is 6.07 Å². The molecule has 0 saturated carbocycles. The Morgan fingerprint density at radius 2 is 1.35 bits per heavy atom. The second-order valence-electron chi connectivity index (χ2n) is 5.46. The fourth-order valence-electron chi connectivity index (χ4n) is 2.29. The van der Waals surface area contributed by atoms with Gasteiger partial charge in [-0.3, -0.25) is 4.79 Å². The van der Waals surface area contributed by atoms with Gasteiger partial charge in [0.2, 0.25) is 0 Å². The number of carbonyl (C=O) groups excluding carboxylic acids is 2. The number of anilines is 1. The van der Waals surface area contributed by atoms with Gasteiger partial charge in [0.15, 0.2) is 0 Å². The number of hydrogen-bond acceptors (Lipinski definition) is 4. The monoisotopic (exact) mass is 347 g/mol. The molecule has 0 heterocycles. The molecule has 0 atom stereocenters. The molecule has 130 valence electrons. The average molecular weight is 347 g/mol. The van der Waals surface area contributed by atoms with Crippen LogP contribution in [0.25, 0.3) is 0 Å². The molecule has 0 radical (unpaired) electrons. The van der Waals surface area contributed by atoms with Crippen molar-refractivity contribution in [2.24, 2.45) is 0 Å². The topological polar surface area (TPSA) is 64.6 Å². The highest BCUT2D eigenvalue weighted by atomic mass is 16.5. The van der Waals surface area contributed by atoms with Crippen LogP contribution in [0.1, 0.15) is 20.7 Å². The molecule has 0 spiro atoms. The van der Waals surface area contributed by atoms with Gasteiger partial charge in [-0.1, -0.05) is 18.2 Å². The lowest BCUT2D eigenvalue weighted by molar-refractivity contribution is 0.0734. The summed E-state index contributed by atoms with van der Waals surface area (Å²) in [4.78, 5) is 24.3. The first-order chi connectivity index (χ1) is 12.7. The highest BCUT2D eigenvalue weighted by molar-refractivity contribution is 6.04. The fourth-order valence-corrected chi connectivity index (χ4v) is 2.29. The first kappa shape index (κ1) is 17.2. The van der Waals surface area contributed by atoms with Gasteiger partial charge in [0.1, 0.15) is 11.5 Å². The van der Waals surface area contributed by atoms with Crippen molar-refractivity contribution < 1.29 is 19.1 Å². The van der Waals surface area contributed by atoms with E-state index in [0.29, 0.717) is 28.3 Å². The number of benzene rings is 3. The minimum absolute atomic E-state index is 0.209. The molecule has 0 bridgehead atoms. The number of ether oxygens (including phenoxy) is 2. The Bertz CT molecular complexity index is 888. The quantitative estimate of drug-likeness (QED) is 0.556.